The van der Waals surface area contributed by atoms with Gasteiger partial charge in [-0.15, -0.1) is 12.4 Å². The molecule has 0 radical (unpaired) electrons. The van der Waals surface area contributed by atoms with E-state index in [1.807, 2.05) is 0 Å². The van der Waals surface area contributed by atoms with Gasteiger partial charge in [-0.2, -0.15) is 0 Å². The van der Waals surface area contributed by atoms with Crippen molar-refractivity contribution in [3.63, 3.8) is 0 Å². The van der Waals surface area contributed by atoms with Crippen molar-refractivity contribution in [2.24, 2.45) is 0 Å². The van der Waals surface area contributed by atoms with Gasteiger partial charge in [0.1, 0.15) is 0 Å². The maximum atomic E-state index is 3.60. The summed E-state index contributed by atoms with van der Waals surface area (Å²) in [5.41, 5.74) is 3.19. The van der Waals surface area contributed by atoms with Gasteiger partial charge < -0.3 is 5.32 Å². The Bertz CT molecular complexity index is 327. The van der Waals surface area contributed by atoms with E-state index in [-0.39, 0.29) is 12.4 Å². The van der Waals surface area contributed by atoms with Crippen LogP contribution in [0.5, 0.6) is 0 Å². The fraction of sp³-hybridized carbons (Fsp3) is 0.538. The second kappa shape index (κ2) is 4.54. The molecule has 1 atom stereocenters. The van der Waals surface area contributed by atoms with Crippen molar-refractivity contribution < 1.29 is 0 Å². The van der Waals surface area contributed by atoms with Gasteiger partial charge in [0.15, 0.2) is 0 Å². The SMILES string of the molecule is Cl.c1ccc(C2CCCN2)c(C2CC2)c1. The first-order chi connectivity index (χ1) is 6.95. The van der Waals surface area contributed by atoms with Crippen molar-refractivity contribution in [1.82, 2.24) is 5.32 Å². The Morgan fingerprint density at radius 2 is 1.73 bits per heavy atom. The van der Waals surface area contributed by atoms with Crippen LogP contribution in [0.2, 0.25) is 0 Å². The highest BCUT2D eigenvalue weighted by Gasteiger charge is 2.28. The topological polar surface area (TPSA) is 12.0 Å². The van der Waals surface area contributed by atoms with Crippen molar-refractivity contribution in [1.29, 1.82) is 0 Å². The van der Waals surface area contributed by atoms with Crippen LogP contribution in [0.1, 0.15) is 48.8 Å². The lowest BCUT2D eigenvalue weighted by Crippen LogP contribution is -2.14. The third-order valence-electron chi connectivity index (χ3n) is 3.45. The Balaban J connectivity index is 0.000000853. The van der Waals surface area contributed by atoms with E-state index in [1.165, 1.54) is 32.2 Å². The van der Waals surface area contributed by atoms with Gasteiger partial charge in [-0.25, -0.2) is 0 Å². The van der Waals surface area contributed by atoms with E-state index in [1.54, 1.807) is 11.1 Å². The summed E-state index contributed by atoms with van der Waals surface area (Å²) < 4.78 is 0. The summed E-state index contributed by atoms with van der Waals surface area (Å²) in [5.74, 6) is 0.883. The van der Waals surface area contributed by atoms with Gasteiger partial charge in [-0.1, -0.05) is 24.3 Å². The van der Waals surface area contributed by atoms with Crippen LogP contribution in [0.4, 0.5) is 0 Å². The second-order valence-electron chi connectivity index (χ2n) is 4.55. The minimum absolute atomic E-state index is 0. The van der Waals surface area contributed by atoms with E-state index in [4.69, 9.17) is 0 Å². The van der Waals surface area contributed by atoms with E-state index in [9.17, 15) is 0 Å². The highest BCUT2D eigenvalue weighted by molar-refractivity contribution is 5.85. The molecule has 2 heteroatoms. The van der Waals surface area contributed by atoms with Gasteiger partial charge in [0.25, 0.3) is 0 Å². The number of hydrogen-bond acceptors (Lipinski definition) is 1. The zero-order valence-corrected chi connectivity index (χ0v) is 9.72. The van der Waals surface area contributed by atoms with Crippen molar-refractivity contribution in [3.8, 4) is 0 Å². The standard InChI is InChI=1S/C13H17N.ClH/c1-2-5-12(13-6-3-9-14-13)11(4-1)10-7-8-10;/h1-2,4-5,10,13-14H,3,6-9H2;1H. The molecule has 1 aromatic rings. The van der Waals surface area contributed by atoms with E-state index in [0.29, 0.717) is 6.04 Å². The molecule has 1 heterocycles. The van der Waals surface area contributed by atoms with Crippen LogP contribution in [0.15, 0.2) is 24.3 Å². The number of hydrogen-bond donors (Lipinski definition) is 1. The summed E-state index contributed by atoms with van der Waals surface area (Å²) >= 11 is 0. The van der Waals surface area contributed by atoms with Crippen LogP contribution in [-0.4, -0.2) is 6.54 Å². The minimum Gasteiger partial charge on any atom is -0.310 e. The summed E-state index contributed by atoms with van der Waals surface area (Å²) in [6.07, 6.45) is 5.47. The normalized spacial score (nSPS) is 24.9. The number of rotatable bonds is 2. The molecule has 0 aromatic heterocycles. The summed E-state index contributed by atoms with van der Waals surface area (Å²) in [6.45, 7) is 1.20. The van der Waals surface area contributed by atoms with Crippen LogP contribution in [-0.2, 0) is 0 Å². The molecular formula is C13H18ClN. The fourth-order valence-electron chi connectivity index (χ4n) is 2.54. The lowest BCUT2D eigenvalue weighted by Gasteiger charge is -2.15. The molecule has 0 bridgehead atoms. The molecule has 0 amide bonds. The number of nitrogens with one attached hydrogen (secondary N) is 1. The molecule has 1 aliphatic heterocycles. The summed E-state index contributed by atoms with van der Waals surface area (Å²) in [5, 5.41) is 3.60. The van der Waals surface area contributed by atoms with Gasteiger partial charge in [0.2, 0.25) is 0 Å². The third-order valence-corrected chi connectivity index (χ3v) is 3.45. The molecule has 1 nitrogen and oxygen atoms in total. The molecule has 1 aromatic carbocycles. The zero-order chi connectivity index (χ0) is 9.38. The molecule has 2 aliphatic rings. The van der Waals surface area contributed by atoms with E-state index >= 15 is 0 Å². The monoisotopic (exact) mass is 223 g/mol. The van der Waals surface area contributed by atoms with Gasteiger partial charge in [-0.3, -0.25) is 0 Å². The smallest absolute Gasteiger partial charge is 0.0323 e. The Morgan fingerprint density at radius 3 is 2.33 bits per heavy atom. The predicted molar refractivity (Wildman–Crippen MR) is 65.6 cm³/mol. The van der Waals surface area contributed by atoms with Crippen LogP contribution in [0, 0.1) is 0 Å². The molecule has 2 fully saturated rings. The average Bonchev–Trinajstić information content (AvgIpc) is 2.94. The molecule has 1 saturated heterocycles. The van der Waals surface area contributed by atoms with Crippen molar-refractivity contribution in [2.75, 3.05) is 6.54 Å². The lowest BCUT2D eigenvalue weighted by molar-refractivity contribution is 0.640. The molecule has 1 N–H and O–H groups in total. The predicted octanol–water partition coefficient (Wildman–Crippen LogP) is 3.41. The maximum Gasteiger partial charge on any atom is 0.0323 e. The summed E-state index contributed by atoms with van der Waals surface area (Å²) in [7, 11) is 0. The summed E-state index contributed by atoms with van der Waals surface area (Å²) in [6, 6.07) is 9.66. The molecule has 15 heavy (non-hydrogen) atoms. The Labute approximate surface area is 97.7 Å². The average molecular weight is 224 g/mol. The molecule has 0 spiro atoms. The quantitative estimate of drug-likeness (QED) is 0.811. The first-order valence-corrected chi connectivity index (χ1v) is 5.77. The minimum atomic E-state index is 0. The van der Waals surface area contributed by atoms with Crippen LogP contribution >= 0.6 is 12.4 Å². The van der Waals surface area contributed by atoms with Crippen molar-refractivity contribution in [3.05, 3.63) is 35.4 Å². The lowest BCUT2D eigenvalue weighted by atomic mass is 9.96. The highest BCUT2D eigenvalue weighted by atomic mass is 35.5. The van der Waals surface area contributed by atoms with Gasteiger partial charge in [-0.05, 0) is 49.3 Å². The molecule has 82 valence electrons. The van der Waals surface area contributed by atoms with Crippen LogP contribution < -0.4 is 5.32 Å². The summed E-state index contributed by atoms with van der Waals surface area (Å²) in [4.78, 5) is 0. The van der Waals surface area contributed by atoms with Gasteiger partial charge in [0, 0.05) is 6.04 Å². The van der Waals surface area contributed by atoms with Gasteiger partial charge in [0.05, 0.1) is 0 Å². The molecular weight excluding hydrogens is 206 g/mol. The van der Waals surface area contributed by atoms with Crippen molar-refractivity contribution >= 4 is 12.4 Å². The number of benzene rings is 1. The van der Waals surface area contributed by atoms with E-state index in [0.717, 1.165) is 5.92 Å². The maximum absolute atomic E-state index is 3.60. The highest BCUT2D eigenvalue weighted by Crippen LogP contribution is 2.43. The molecule has 3 rings (SSSR count). The fourth-order valence-corrected chi connectivity index (χ4v) is 2.54. The first-order valence-electron chi connectivity index (χ1n) is 5.77. The number of halogens is 1. The van der Waals surface area contributed by atoms with Gasteiger partial charge >= 0.3 is 0 Å². The Morgan fingerprint density at radius 1 is 1.00 bits per heavy atom. The molecule has 1 unspecified atom stereocenters. The van der Waals surface area contributed by atoms with E-state index in [2.05, 4.69) is 29.6 Å². The zero-order valence-electron chi connectivity index (χ0n) is 8.91. The third kappa shape index (κ3) is 2.19. The molecule has 1 saturated carbocycles. The Hall–Kier alpha value is -0.530. The first kappa shape index (κ1) is 11.0. The van der Waals surface area contributed by atoms with Crippen LogP contribution in [0.3, 0.4) is 0 Å². The van der Waals surface area contributed by atoms with E-state index < -0.39 is 0 Å². The Kier molecular flexibility index (Phi) is 3.32. The molecule has 1 aliphatic carbocycles. The van der Waals surface area contributed by atoms with Crippen LogP contribution in [0.25, 0.3) is 0 Å². The van der Waals surface area contributed by atoms with Crippen molar-refractivity contribution in [2.45, 2.75) is 37.6 Å². The second-order valence-corrected chi connectivity index (χ2v) is 4.55. The largest absolute Gasteiger partial charge is 0.310 e.